The quantitative estimate of drug-likeness (QED) is 0.709. The third-order valence-electron chi connectivity index (χ3n) is 2.76. The Bertz CT molecular complexity index is 409. The molecule has 0 radical (unpaired) electrons. The zero-order chi connectivity index (χ0) is 12.5. The largest absolute Gasteiger partial charge is 0.338 e. The lowest BCUT2D eigenvalue weighted by atomic mass is 10.1. The van der Waals surface area contributed by atoms with Crippen LogP contribution in [0.3, 0.4) is 0 Å². The van der Waals surface area contributed by atoms with Crippen LogP contribution in [0.1, 0.15) is 23.2 Å². The summed E-state index contributed by atoms with van der Waals surface area (Å²) >= 11 is 0. The number of nitrogens with zero attached hydrogens (tertiary/aromatic N) is 2. The predicted octanol–water partition coefficient (Wildman–Crippen LogP) is 2.09. The van der Waals surface area contributed by atoms with Crippen LogP contribution in [0, 0.1) is 5.95 Å². The highest BCUT2D eigenvalue weighted by molar-refractivity contribution is 5.93. The fourth-order valence-electron chi connectivity index (χ4n) is 1.72. The van der Waals surface area contributed by atoms with Gasteiger partial charge in [0.15, 0.2) is 0 Å². The summed E-state index contributed by atoms with van der Waals surface area (Å²) in [6.45, 7) is 0.0341. The molecule has 0 saturated carbocycles. The van der Waals surface area contributed by atoms with E-state index in [-0.39, 0.29) is 37.4 Å². The van der Waals surface area contributed by atoms with Gasteiger partial charge in [0.1, 0.15) is 0 Å². The van der Waals surface area contributed by atoms with Gasteiger partial charge < -0.3 is 4.90 Å². The lowest BCUT2D eigenvalue weighted by Gasteiger charge is -2.31. The van der Waals surface area contributed by atoms with Crippen LogP contribution < -0.4 is 0 Å². The molecule has 0 bridgehead atoms. The summed E-state index contributed by atoms with van der Waals surface area (Å²) < 4.78 is 38.4. The molecule has 0 aromatic carbocycles. The number of aromatic nitrogens is 1. The number of amides is 1. The zero-order valence-electron chi connectivity index (χ0n) is 9.00. The molecule has 3 nitrogen and oxygen atoms in total. The van der Waals surface area contributed by atoms with Crippen LogP contribution in [0.15, 0.2) is 18.3 Å². The van der Waals surface area contributed by atoms with Gasteiger partial charge in [-0.25, -0.2) is 13.8 Å². The van der Waals surface area contributed by atoms with Gasteiger partial charge in [0.2, 0.25) is 5.95 Å². The van der Waals surface area contributed by atoms with E-state index in [9.17, 15) is 18.0 Å². The van der Waals surface area contributed by atoms with Crippen molar-refractivity contribution >= 4 is 5.91 Å². The van der Waals surface area contributed by atoms with E-state index in [1.807, 2.05) is 0 Å². The molecule has 1 aliphatic rings. The van der Waals surface area contributed by atoms with Crippen LogP contribution >= 0.6 is 0 Å². The van der Waals surface area contributed by atoms with Gasteiger partial charge in [0.25, 0.3) is 11.8 Å². The molecule has 6 heteroatoms. The van der Waals surface area contributed by atoms with Gasteiger partial charge in [-0.3, -0.25) is 4.79 Å². The van der Waals surface area contributed by atoms with Gasteiger partial charge in [0.05, 0.1) is 5.56 Å². The summed E-state index contributed by atoms with van der Waals surface area (Å²) in [4.78, 5) is 16.5. The van der Waals surface area contributed by atoms with E-state index in [0.717, 1.165) is 12.3 Å². The van der Waals surface area contributed by atoms with Crippen LogP contribution in [0.2, 0.25) is 0 Å². The fraction of sp³-hybridized carbons (Fsp3) is 0.455. The molecular formula is C11H11F3N2O. The first kappa shape index (κ1) is 11.9. The van der Waals surface area contributed by atoms with Crippen molar-refractivity contribution in [3.63, 3.8) is 0 Å². The van der Waals surface area contributed by atoms with E-state index in [1.165, 1.54) is 11.0 Å². The Morgan fingerprint density at radius 2 is 1.94 bits per heavy atom. The minimum atomic E-state index is -2.68. The molecule has 0 atom stereocenters. The summed E-state index contributed by atoms with van der Waals surface area (Å²) in [5, 5.41) is 0. The van der Waals surface area contributed by atoms with E-state index < -0.39 is 11.9 Å². The summed E-state index contributed by atoms with van der Waals surface area (Å²) in [6.07, 6.45) is 0.463. The second kappa shape index (κ2) is 4.35. The first-order valence-corrected chi connectivity index (χ1v) is 5.27. The number of pyridine rings is 1. The minimum absolute atomic E-state index is 0.0171. The van der Waals surface area contributed by atoms with Crippen molar-refractivity contribution in [2.45, 2.75) is 18.8 Å². The summed E-state index contributed by atoms with van der Waals surface area (Å²) in [6, 6.07) is 2.38. The molecule has 1 aromatic heterocycles. The lowest BCUT2D eigenvalue weighted by Crippen LogP contribution is -2.42. The normalized spacial score (nSPS) is 19.1. The number of carbonyl (C=O) groups excluding carboxylic acids is 1. The SMILES string of the molecule is O=C(c1ccc(F)nc1)N1CCC(F)(F)CC1. The number of hydrogen-bond donors (Lipinski definition) is 0. The fourth-order valence-corrected chi connectivity index (χ4v) is 1.72. The molecule has 1 fully saturated rings. The molecule has 0 N–H and O–H groups in total. The van der Waals surface area contributed by atoms with Crippen LogP contribution in [0.5, 0.6) is 0 Å². The molecular weight excluding hydrogens is 233 g/mol. The molecule has 2 heterocycles. The number of halogens is 3. The van der Waals surface area contributed by atoms with Crippen molar-refractivity contribution in [1.29, 1.82) is 0 Å². The molecule has 1 aliphatic heterocycles. The Morgan fingerprint density at radius 3 is 2.47 bits per heavy atom. The molecule has 2 rings (SSSR count). The molecule has 0 spiro atoms. The highest BCUT2D eigenvalue weighted by Crippen LogP contribution is 2.28. The van der Waals surface area contributed by atoms with E-state index in [1.54, 1.807) is 0 Å². The van der Waals surface area contributed by atoms with E-state index >= 15 is 0 Å². The zero-order valence-corrected chi connectivity index (χ0v) is 9.00. The van der Waals surface area contributed by atoms with Crippen molar-refractivity contribution < 1.29 is 18.0 Å². The number of rotatable bonds is 1. The predicted molar refractivity (Wildman–Crippen MR) is 54.3 cm³/mol. The smallest absolute Gasteiger partial charge is 0.255 e. The lowest BCUT2D eigenvalue weighted by molar-refractivity contribution is -0.0494. The second-order valence-corrected chi connectivity index (χ2v) is 4.02. The number of hydrogen-bond acceptors (Lipinski definition) is 2. The van der Waals surface area contributed by atoms with Crippen molar-refractivity contribution in [3.05, 3.63) is 29.8 Å². The van der Waals surface area contributed by atoms with Crippen molar-refractivity contribution in [3.8, 4) is 0 Å². The molecule has 1 aromatic rings. The van der Waals surface area contributed by atoms with Crippen LogP contribution in [0.4, 0.5) is 13.2 Å². The number of likely N-dealkylation sites (tertiary alicyclic amines) is 1. The van der Waals surface area contributed by atoms with Gasteiger partial charge in [-0.15, -0.1) is 0 Å². The molecule has 1 saturated heterocycles. The van der Waals surface area contributed by atoms with Crippen molar-refractivity contribution in [2.24, 2.45) is 0 Å². The average Bonchev–Trinajstić information content (AvgIpc) is 2.29. The van der Waals surface area contributed by atoms with Crippen molar-refractivity contribution in [2.75, 3.05) is 13.1 Å². The first-order valence-electron chi connectivity index (χ1n) is 5.27. The van der Waals surface area contributed by atoms with E-state index in [0.29, 0.717) is 0 Å². The van der Waals surface area contributed by atoms with Crippen LogP contribution in [-0.4, -0.2) is 34.8 Å². The molecule has 1 amide bonds. The first-order chi connectivity index (χ1) is 7.98. The second-order valence-electron chi connectivity index (χ2n) is 4.02. The third kappa shape index (κ3) is 2.75. The van der Waals surface area contributed by atoms with Crippen LogP contribution in [0.25, 0.3) is 0 Å². The van der Waals surface area contributed by atoms with Gasteiger partial charge in [-0.05, 0) is 12.1 Å². The minimum Gasteiger partial charge on any atom is -0.338 e. The Labute approximate surface area is 96.3 Å². The summed E-state index contributed by atoms with van der Waals surface area (Å²) in [5.41, 5.74) is 0.219. The number of alkyl halides is 2. The van der Waals surface area contributed by atoms with Crippen LogP contribution in [-0.2, 0) is 0 Å². The van der Waals surface area contributed by atoms with Gasteiger partial charge in [0, 0.05) is 32.1 Å². The Kier molecular flexibility index (Phi) is 3.04. The number of piperidine rings is 1. The molecule has 0 unspecified atom stereocenters. The Hall–Kier alpha value is -1.59. The van der Waals surface area contributed by atoms with E-state index in [2.05, 4.69) is 4.98 Å². The molecule has 17 heavy (non-hydrogen) atoms. The standard InChI is InChI=1S/C11H11F3N2O/c12-9-2-1-8(7-15-9)10(17)16-5-3-11(13,14)4-6-16/h1-2,7H,3-6H2. The van der Waals surface area contributed by atoms with Gasteiger partial charge >= 0.3 is 0 Å². The van der Waals surface area contributed by atoms with Crippen molar-refractivity contribution in [1.82, 2.24) is 9.88 Å². The van der Waals surface area contributed by atoms with Gasteiger partial charge in [-0.1, -0.05) is 0 Å². The van der Waals surface area contributed by atoms with E-state index in [4.69, 9.17) is 0 Å². The highest BCUT2D eigenvalue weighted by atomic mass is 19.3. The third-order valence-corrected chi connectivity index (χ3v) is 2.76. The molecule has 0 aliphatic carbocycles. The maximum atomic E-state index is 12.9. The maximum Gasteiger partial charge on any atom is 0.255 e. The number of carbonyl (C=O) groups is 1. The topological polar surface area (TPSA) is 33.2 Å². The summed E-state index contributed by atoms with van der Waals surface area (Å²) in [7, 11) is 0. The summed E-state index contributed by atoms with van der Waals surface area (Å²) in [5.74, 6) is -3.74. The monoisotopic (exact) mass is 244 g/mol. The highest BCUT2D eigenvalue weighted by Gasteiger charge is 2.35. The average molecular weight is 244 g/mol. The Balaban J connectivity index is 2.04. The Morgan fingerprint density at radius 1 is 1.29 bits per heavy atom. The molecule has 92 valence electrons. The maximum absolute atomic E-state index is 12.9. The van der Waals surface area contributed by atoms with Gasteiger partial charge in [-0.2, -0.15) is 4.39 Å².